The molecule has 0 radical (unpaired) electrons. The molecule has 3 aromatic rings. The number of hydrogen-bond acceptors (Lipinski definition) is 6. The quantitative estimate of drug-likeness (QED) is 0.250. The summed E-state index contributed by atoms with van der Waals surface area (Å²) in [6, 6.07) is 18.6. The Morgan fingerprint density at radius 1 is 0.974 bits per heavy atom. The van der Waals surface area contributed by atoms with E-state index >= 15 is 0 Å². The van der Waals surface area contributed by atoms with Crippen LogP contribution >= 0.6 is 43.6 Å². The summed E-state index contributed by atoms with van der Waals surface area (Å²) in [5, 5.41) is 2.46. The summed E-state index contributed by atoms with van der Waals surface area (Å²) in [4.78, 5) is 39.2. The van der Waals surface area contributed by atoms with Crippen LogP contribution in [0, 0.1) is 13.8 Å². The molecule has 0 unspecified atom stereocenters. The second kappa shape index (κ2) is 12.6. The lowest BCUT2D eigenvalue weighted by atomic mass is 10.2. The standard InChI is InChI=1S/C28H24Br2N2O5S/c1-17-5-3-7-20(11-17)31-25(33)16-37-26-22(29)13-19(14-23(26)30)15-24-27(34)32(28(35)38-24)9-10-36-21-8-4-6-18(2)12-21/h3-8,11-15H,9-10,16H2,1-2H3,(H,31,33)/b24-15-. The highest BCUT2D eigenvalue weighted by molar-refractivity contribution is 9.11. The van der Waals surface area contributed by atoms with Crippen LogP contribution in [0.5, 0.6) is 11.5 Å². The SMILES string of the molecule is Cc1cccc(NC(=O)COc2c(Br)cc(/C=C3\SC(=O)N(CCOc4cccc(C)c4)C3=O)cc2Br)c1. The molecule has 0 bridgehead atoms. The van der Waals surface area contributed by atoms with E-state index in [0.29, 0.717) is 36.6 Å². The van der Waals surface area contributed by atoms with Gasteiger partial charge in [-0.1, -0.05) is 24.3 Å². The molecule has 1 aliphatic rings. The number of carbonyl (C=O) groups excluding carboxylic acids is 3. The third-order valence-corrected chi connectivity index (χ3v) is 7.50. The molecule has 0 saturated carbocycles. The second-order valence-electron chi connectivity index (χ2n) is 8.52. The number of amides is 3. The summed E-state index contributed by atoms with van der Waals surface area (Å²) in [5.41, 5.74) is 3.48. The van der Waals surface area contributed by atoms with Gasteiger partial charge in [-0.2, -0.15) is 0 Å². The number of halogens is 2. The van der Waals surface area contributed by atoms with E-state index in [2.05, 4.69) is 37.2 Å². The van der Waals surface area contributed by atoms with Crippen LogP contribution in [0.2, 0.25) is 0 Å². The van der Waals surface area contributed by atoms with Crippen molar-refractivity contribution >= 4 is 72.4 Å². The number of benzene rings is 3. The van der Waals surface area contributed by atoms with Crippen molar-refractivity contribution in [1.29, 1.82) is 0 Å². The molecule has 4 rings (SSSR count). The molecular formula is C28H24Br2N2O5S. The van der Waals surface area contributed by atoms with E-state index in [1.54, 1.807) is 18.2 Å². The average molecular weight is 660 g/mol. The van der Waals surface area contributed by atoms with E-state index in [1.165, 1.54) is 4.90 Å². The number of ether oxygens (including phenoxy) is 2. The third kappa shape index (κ3) is 7.27. The predicted molar refractivity (Wildman–Crippen MR) is 156 cm³/mol. The average Bonchev–Trinajstić information content (AvgIpc) is 3.11. The maximum absolute atomic E-state index is 12.9. The number of carbonyl (C=O) groups is 3. The number of nitrogens with one attached hydrogen (secondary N) is 1. The van der Waals surface area contributed by atoms with Crippen LogP contribution in [0.1, 0.15) is 16.7 Å². The van der Waals surface area contributed by atoms with Gasteiger partial charge < -0.3 is 14.8 Å². The van der Waals surface area contributed by atoms with Crippen molar-refractivity contribution in [3.05, 3.63) is 91.2 Å². The van der Waals surface area contributed by atoms with Gasteiger partial charge in [-0.15, -0.1) is 0 Å². The van der Waals surface area contributed by atoms with E-state index in [-0.39, 0.29) is 36.8 Å². The molecule has 1 fully saturated rings. The first-order valence-corrected chi connectivity index (χ1v) is 14.0. The molecule has 1 saturated heterocycles. The fourth-order valence-corrected chi connectivity index (χ4v) is 5.98. The van der Waals surface area contributed by atoms with Gasteiger partial charge in [-0.05, 0) is 117 Å². The first-order chi connectivity index (χ1) is 18.2. The maximum Gasteiger partial charge on any atom is 0.293 e. The Bertz CT molecular complexity index is 1400. The highest BCUT2D eigenvalue weighted by Gasteiger charge is 2.34. The van der Waals surface area contributed by atoms with Gasteiger partial charge in [-0.3, -0.25) is 19.3 Å². The lowest BCUT2D eigenvalue weighted by Gasteiger charge is -2.13. The Morgan fingerprint density at radius 2 is 1.66 bits per heavy atom. The summed E-state index contributed by atoms with van der Waals surface area (Å²) < 4.78 is 12.6. The Labute approximate surface area is 241 Å². The lowest BCUT2D eigenvalue weighted by Crippen LogP contribution is -2.32. The fraction of sp³-hybridized carbons (Fsp3) is 0.179. The highest BCUT2D eigenvalue weighted by atomic mass is 79.9. The zero-order valence-electron chi connectivity index (χ0n) is 20.6. The smallest absolute Gasteiger partial charge is 0.293 e. The number of thioether (sulfide) groups is 1. The highest BCUT2D eigenvalue weighted by Crippen LogP contribution is 2.37. The summed E-state index contributed by atoms with van der Waals surface area (Å²) in [6.07, 6.45) is 1.65. The summed E-state index contributed by atoms with van der Waals surface area (Å²) >= 11 is 7.83. The van der Waals surface area contributed by atoms with Gasteiger partial charge in [0.15, 0.2) is 6.61 Å². The molecule has 1 N–H and O–H groups in total. The van der Waals surface area contributed by atoms with Gasteiger partial charge >= 0.3 is 0 Å². The zero-order valence-corrected chi connectivity index (χ0v) is 24.6. The van der Waals surface area contributed by atoms with Crippen LogP contribution in [0.15, 0.2) is 74.5 Å². The van der Waals surface area contributed by atoms with Crippen molar-refractivity contribution in [2.75, 3.05) is 25.1 Å². The number of imide groups is 1. The Kier molecular flexibility index (Phi) is 9.30. The largest absolute Gasteiger partial charge is 0.492 e. The van der Waals surface area contributed by atoms with Gasteiger partial charge in [-0.25, -0.2) is 0 Å². The van der Waals surface area contributed by atoms with Crippen molar-refractivity contribution in [3.63, 3.8) is 0 Å². The van der Waals surface area contributed by atoms with Crippen LogP contribution in [0.3, 0.4) is 0 Å². The third-order valence-electron chi connectivity index (χ3n) is 5.41. The fourth-order valence-electron chi connectivity index (χ4n) is 3.66. The molecule has 0 spiro atoms. The van der Waals surface area contributed by atoms with E-state index in [4.69, 9.17) is 9.47 Å². The van der Waals surface area contributed by atoms with Gasteiger partial charge in [0.1, 0.15) is 18.1 Å². The minimum absolute atomic E-state index is 0.154. The maximum atomic E-state index is 12.9. The molecule has 0 aliphatic carbocycles. The van der Waals surface area contributed by atoms with Crippen molar-refractivity contribution in [2.45, 2.75) is 13.8 Å². The first-order valence-electron chi connectivity index (χ1n) is 11.6. The minimum atomic E-state index is -0.367. The van der Waals surface area contributed by atoms with Gasteiger partial charge in [0.05, 0.1) is 20.4 Å². The topological polar surface area (TPSA) is 84.9 Å². The lowest BCUT2D eigenvalue weighted by molar-refractivity contribution is -0.123. The molecule has 1 heterocycles. The molecule has 1 aliphatic heterocycles. The molecule has 0 aromatic heterocycles. The van der Waals surface area contributed by atoms with Crippen molar-refractivity contribution in [1.82, 2.24) is 4.90 Å². The number of hydrogen-bond donors (Lipinski definition) is 1. The van der Waals surface area contributed by atoms with E-state index in [9.17, 15) is 14.4 Å². The van der Waals surface area contributed by atoms with Gasteiger partial charge in [0.25, 0.3) is 17.1 Å². The molecule has 7 nitrogen and oxygen atoms in total. The van der Waals surface area contributed by atoms with Crippen molar-refractivity contribution < 1.29 is 23.9 Å². The minimum Gasteiger partial charge on any atom is -0.492 e. The Hall–Kier alpha value is -3.08. The first kappa shape index (κ1) is 27.9. The molecule has 3 amide bonds. The molecule has 0 atom stereocenters. The molecule has 196 valence electrons. The zero-order chi connectivity index (χ0) is 27.2. The Morgan fingerprint density at radius 3 is 2.34 bits per heavy atom. The van der Waals surface area contributed by atoms with E-state index in [1.807, 2.05) is 62.4 Å². The number of nitrogens with zero attached hydrogens (tertiary/aromatic N) is 1. The van der Waals surface area contributed by atoms with Gasteiger partial charge in [0.2, 0.25) is 0 Å². The Balaban J connectivity index is 1.36. The number of rotatable bonds is 9. The molecule has 38 heavy (non-hydrogen) atoms. The van der Waals surface area contributed by atoms with Crippen LogP contribution in [-0.2, 0) is 9.59 Å². The normalized spacial score (nSPS) is 14.2. The molecular weight excluding hydrogens is 636 g/mol. The van der Waals surface area contributed by atoms with Crippen molar-refractivity contribution in [2.24, 2.45) is 0 Å². The molecule has 10 heteroatoms. The van der Waals surface area contributed by atoms with E-state index < -0.39 is 0 Å². The summed E-state index contributed by atoms with van der Waals surface area (Å²) in [5.74, 6) is 0.479. The van der Waals surface area contributed by atoms with Crippen LogP contribution in [0.4, 0.5) is 10.5 Å². The summed E-state index contributed by atoms with van der Waals surface area (Å²) in [7, 11) is 0. The van der Waals surface area contributed by atoms with Gasteiger partial charge in [0, 0.05) is 5.69 Å². The monoisotopic (exact) mass is 658 g/mol. The molecule has 3 aromatic carbocycles. The summed E-state index contributed by atoms with van der Waals surface area (Å²) in [6.45, 7) is 4.08. The predicted octanol–water partition coefficient (Wildman–Crippen LogP) is 6.96. The number of anilines is 1. The van der Waals surface area contributed by atoms with Crippen LogP contribution in [-0.4, -0.2) is 41.7 Å². The van der Waals surface area contributed by atoms with Crippen LogP contribution < -0.4 is 14.8 Å². The van der Waals surface area contributed by atoms with E-state index in [0.717, 1.165) is 22.9 Å². The van der Waals surface area contributed by atoms with Crippen molar-refractivity contribution in [3.8, 4) is 11.5 Å². The number of aryl methyl sites for hydroxylation is 2. The van der Waals surface area contributed by atoms with Crippen LogP contribution in [0.25, 0.3) is 6.08 Å². The second-order valence-corrected chi connectivity index (χ2v) is 11.2.